The number of aromatic nitrogens is 10. The van der Waals surface area contributed by atoms with Crippen LogP contribution in [0.4, 0.5) is 11.6 Å². The summed E-state index contributed by atoms with van der Waals surface area (Å²) in [6, 6.07) is 80.3. The molecule has 21 heteroatoms. The predicted molar refractivity (Wildman–Crippen MR) is 446 cm³/mol. The molecule has 8 aromatic heterocycles. The summed E-state index contributed by atoms with van der Waals surface area (Å²) in [5.74, 6) is 3.45. The average Bonchev–Trinajstić information content (AvgIpc) is 1.15. The van der Waals surface area contributed by atoms with E-state index in [0.717, 1.165) is 139 Å². The zero-order valence-electron chi connectivity index (χ0n) is 64.4. The van der Waals surface area contributed by atoms with E-state index in [-0.39, 0.29) is 36.0 Å². The summed E-state index contributed by atoms with van der Waals surface area (Å²) in [4.78, 5) is 69.9. The number of fused-ring (bicyclic) bond motifs is 3. The Hall–Kier alpha value is -13.1. The van der Waals surface area contributed by atoms with Gasteiger partial charge in [0.2, 0.25) is 35.4 Å². The number of ether oxygens (including phenoxy) is 3. The van der Waals surface area contributed by atoms with E-state index >= 15 is 0 Å². The van der Waals surface area contributed by atoms with Gasteiger partial charge in [0.1, 0.15) is 39.3 Å². The lowest BCUT2D eigenvalue weighted by molar-refractivity contribution is -0.119. The number of hydrogen-bond acceptors (Lipinski definition) is 15. The van der Waals surface area contributed by atoms with Gasteiger partial charge >= 0.3 is 0 Å². The van der Waals surface area contributed by atoms with Crippen LogP contribution in [0.15, 0.2) is 279 Å². The molecule has 114 heavy (non-hydrogen) atoms. The number of nitrogens with zero attached hydrogens (tertiary/aromatic N) is 13. The van der Waals surface area contributed by atoms with Crippen molar-refractivity contribution in [1.82, 2.24) is 54.8 Å². The zero-order chi connectivity index (χ0) is 78.7. The maximum absolute atomic E-state index is 12.6. The van der Waals surface area contributed by atoms with Crippen LogP contribution in [-0.2, 0) is 32.0 Å². The first-order valence-corrected chi connectivity index (χ1v) is 39.1. The predicted octanol–water partition coefficient (Wildman–Crippen LogP) is 17.7. The summed E-state index contributed by atoms with van der Waals surface area (Å²) in [7, 11) is 0. The molecule has 0 spiro atoms. The number of nitrogens with one attached hydrogen (secondary N) is 1. The van der Waals surface area contributed by atoms with E-state index in [1.165, 1.54) is 0 Å². The summed E-state index contributed by atoms with van der Waals surface area (Å²) in [5.41, 5.74) is 13.8. The van der Waals surface area contributed by atoms with Gasteiger partial charge in [0, 0.05) is 120 Å². The summed E-state index contributed by atoms with van der Waals surface area (Å²) in [6.45, 7) is 14.8. The third-order valence-electron chi connectivity index (χ3n) is 20.2. The van der Waals surface area contributed by atoms with Crippen molar-refractivity contribution < 1.29 is 28.6 Å². The number of hydrogen-bond donors (Lipinski definition) is 1. The van der Waals surface area contributed by atoms with Crippen molar-refractivity contribution >= 4 is 68.5 Å². The van der Waals surface area contributed by atoms with E-state index in [1.807, 2.05) is 151 Å². The minimum atomic E-state index is -0.830. The zero-order valence-corrected chi connectivity index (χ0v) is 65.2. The molecule has 3 saturated heterocycles. The topological polar surface area (TPSA) is 223 Å². The Kier molecular flexibility index (Phi) is 22.9. The van der Waals surface area contributed by atoms with Crippen LogP contribution in [0.2, 0.25) is 5.15 Å². The third kappa shape index (κ3) is 15.9. The standard InChI is InChI=1S/C37H33N5O2.C33H27ClN4O.C19H20N4O2.C4H7NO/c1-26(2)44-34-24-31-32(25-39-34)42(40-36(31)27-20-21-38-33(23-27)41-22-12-19-35(41)43)37(28-13-6-3-7-14-28,29-15-8-4-9-16-29)30-17-10-5-11-18-30;1-23(2)39-31-21-28-29(22-36-31)38(37-32(28)24-18-19-35-30(34)20-24)33(25-12-6-3-7-13-25,26-14-8-4-9-15-26)27-16-10-5-11-17-27;1-12(2)25-17-9-15-14(10-21-17)11-22-19(15)13-5-6-20-16(8-13)23-7-3-4-18(23)24;6-4-2-1-3-5-4/h3-11,13-18,20-21,23-26H,12,19,22H2,1-2H3;3-23H,1-2H3;5-6,8-10,12H,3-4,7,11H2,1-2H3;1-3H2,(H,5,6). The first-order valence-electron chi connectivity index (χ1n) is 38.7. The minimum Gasteiger partial charge on any atom is -0.475 e. The number of carbonyl (C=O) groups excluding carboxylic acids is 3. The number of amides is 3. The monoisotopic (exact) mass is 1530 g/mol. The van der Waals surface area contributed by atoms with Crippen LogP contribution in [0.5, 0.6) is 17.6 Å². The Morgan fingerprint density at radius 2 is 0.789 bits per heavy atom. The Bertz CT molecular complexity index is 5550. The van der Waals surface area contributed by atoms with Crippen molar-refractivity contribution in [2.45, 2.75) is 116 Å². The molecule has 0 bridgehead atoms. The second kappa shape index (κ2) is 34.3. The summed E-state index contributed by atoms with van der Waals surface area (Å²) in [6.07, 6.45) is 15.4. The van der Waals surface area contributed by atoms with Crippen LogP contribution >= 0.6 is 11.6 Å². The number of anilines is 2. The maximum atomic E-state index is 12.6. The first-order chi connectivity index (χ1) is 55.6. The second-order valence-corrected chi connectivity index (χ2v) is 29.4. The smallest absolute Gasteiger partial charge is 0.228 e. The minimum absolute atomic E-state index is 0.0131. The van der Waals surface area contributed by atoms with E-state index in [0.29, 0.717) is 60.4 Å². The second-order valence-electron chi connectivity index (χ2n) is 29.0. The SMILES string of the molecule is CC(C)Oc1cc2c(-c3ccnc(Cl)c3)nn(C(c3ccccc3)(c3ccccc3)c3ccccc3)c2cn1.CC(C)Oc1cc2c(-c3ccnc(N4CCCC4=O)c3)nn(C(c3ccccc3)(c3ccccc3)c3ccccc3)c2cn1.CC(C)Oc1cc2c(cn1)CN=C2c1ccnc(N2CCCC2=O)c1.O=C1CCCN1. The van der Waals surface area contributed by atoms with E-state index in [4.69, 9.17) is 46.0 Å². The number of benzene rings is 6. The van der Waals surface area contributed by atoms with Gasteiger partial charge in [-0.2, -0.15) is 10.2 Å². The van der Waals surface area contributed by atoms with Crippen molar-refractivity contribution in [3.63, 3.8) is 0 Å². The Morgan fingerprint density at radius 1 is 0.412 bits per heavy atom. The fourth-order valence-corrected chi connectivity index (χ4v) is 15.5. The quantitative estimate of drug-likeness (QED) is 0.0588. The summed E-state index contributed by atoms with van der Waals surface area (Å²) in [5, 5.41) is 15.7. The largest absolute Gasteiger partial charge is 0.475 e. The van der Waals surface area contributed by atoms with Gasteiger partial charge in [-0.3, -0.25) is 29.2 Å². The molecule has 14 aromatic rings. The lowest BCUT2D eigenvalue weighted by atomic mass is 9.77. The highest BCUT2D eigenvalue weighted by Gasteiger charge is 2.43. The molecule has 3 fully saturated rings. The molecule has 0 unspecified atom stereocenters. The van der Waals surface area contributed by atoms with Crippen molar-refractivity contribution in [3.8, 4) is 40.2 Å². The molecule has 0 aliphatic carbocycles. The molecule has 0 atom stereocenters. The van der Waals surface area contributed by atoms with Gasteiger partial charge in [-0.1, -0.05) is 194 Å². The van der Waals surface area contributed by atoms with Crippen molar-refractivity contribution in [1.29, 1.82) is 0 Å². The molecule has 4 aliphatic heterocycles. The highest BCUT2D eigenvalue weighted by molar-refractivity contribution is 6.29. The normalized spacial score (nSPS) is 13.9. The van der Waals surface area contributed by atoms with E-state index in [9.17, 15) is 14.4 Å². The first kappa shape index (κ1) is 76.3. The maximum Gasteiger partial charge on any atom is 0.228 e. The Labute approximate surface area is 667 Å². The van der Waals surface area contributed by atoms with Gasteiger partial charge in [-0.25, -0.2) is 39.3 Å². The van der Waals surface area contributed by atoms with Crippen LogP contribution in [0.25, 0.3) is 44.3 Å². The van der Waals surface area contributed by atoms with Crippen LogP contribution in [0.1, 0.15) is 130 Å². The fraction of sp³-hybridized carbons (Fsp3) is 0.226. The fourth-order valence-electron chi connectivity index (χ4n) is 15.3. The molecular weight excluding hydrogens is 1440 g/mol. The van der Waals surface area contributed by atoms with Gasteiger partial charge in [-0.05, 0) is 131 Å². The van der Waals surface area contributed by atoms with Crippen LogP contribution < -0.4 is 29.3 Å². The molecule has 572 valence electrons. The number of halogens is 1. The van der Waals surface area contributed by atoms with Crippen molar-refractivity contribution in [3.05, 3.63) is 329 Å². The molecule has 0 saturated carbocycles. The molecule has 0 radical (unpaired) electrons. The highest BCUT2D eigenvalue weighted by Crippen LogP contribution is 2.47. The van der Waals surface area contributed by atoms with Crippen LogP contribution in [-0.4, -0.2) is 111 Å². The molecular formula is C93H87ClN14O6. The number of rotatable bonds is 19. The number of pyridine rings is 6. The van der Waals surface area contributed by atoms with Crippen LogP contribution in [0.3, 0.4) is 0 Å². The van der Waals surface area contributed by atoms with Gasteiger partial charge in [0.25, 0.3) is 0 Å². The van der Waals surface area contributed by atoms with Gasteiger partial charge < -0.3 is 19.5 Å². The van der Waals surface area contributed by atoms with Crippen molar-refractivity contribution in [2.75, 3.05) is 29.4 Å². The third-order valence-corrected chi connectivity index (χ3v) is 20.4. The molecule has 20 nitrogen and oxygen atoms in total. The summed E-state index contributed by atoms with van der Waals surface area (Å²) < 4.78 is 22.0. The van der Waals surface area contributed by atoms with E-state index < -0.39 is 11.1 Å². The molecule has 12 heterocycles. The van der Waals surface area contributed by atoms with Gasteiger partial charge in [0.05, 0.1) is 54.0 Å². The molecule has 18 rings (SSSR count). The molecule has 3 amide bonds. The molecule has 6 aromatic carbocycles. The number of aliphatic imine (C=N–C) groups is 1. The van der Waals surface area contributed by atoms with E-state index in [1.54, 1.807) is 28.4 Å². The summed E-state index contributed by atoms with van der Waals surface area (Å²) >= 11 is 6.35. The number of carbonyl (C=O) groups is 3. The van der Waals surface area contributed by atoms with E-state index in [2.05, 4.69) is 185 Å². The average molecular weight is 1530 g/mol. The van der Waals surface area contributed by atoms with Gasteiger partial charge in [0.15, 0.2) is 0 Å². The highest BCUT2D eigenvalue weighted by atomic mass is 35.5. The van der Waals surface area contributed by atoms with Crippen molar-refractivity contribution in [2.24, 2.45) is 4.99 Å². The lowest BCUT2D eigenvalue weighted by Crippen LogP contribution is -2.38. The molecule has 1 N–H and O–H groups in total. The van der Waals surface area contributed by atoms with Crippen LogP contribution in [0, 0.1) is 0 Å². The molecule has 4 aliphatic rings. The Balaban J connectivity index is 0.000000134. The lowest BCUT2D eigenvalue weighted by Gasteiger charge is -2.37. The Morgan fingerprint density at radius 3 is 1.15 bits per heavy atom. The van der Waals surface area contributed by atoms with Gasteiger partial charge in [-0.15, -0.1) is 0 Å².